The molecule has 1 aromatic heterocycles. The van der Waals surface area contributed by atoms with Crippen molar-refractivity contribution in [3.05, 3.63) is 23.3 Å². The van der Waals surface area contributed by atoms with Crippen molar-refractivity contribution in [1.29, 1.82) is 0 Å². The number of nitrogens with zero attached hydrogens (tertiary/aromatic N) is 1. The number of benzene rings is 1. The standard InChI is InChI=1S/C11H14NSTe/c1-7-5-9-10(6-8(7)2)14-11(13-4)12(9)3/h5-6H,1-4H3/q+1. The molecule has 2 rings (SSSR count). The zero-order valence-electron chi connectivity index (χ0n) is 8.92. The Balaban J connectivity index is 2.80. The topological polar surface area (TPSA) is 3.88 Å². The van der Waals surface area contributed by atoms with Crippen LogP contribution in [-0.4, -0.2) is 26.7 Å². The Kier molecular flexibility index (Phi) is 2.93. The van der Waals surface area contributed by atoms with Gasteiger partial charge in [0.2, 0.25) is 0 Å². The predicted octanol–water partition coefficient (Wildman–Crippen LogP) is 2.06. The summed E-state index contributed by atoms with van der Waals surface area (Å²) in [4.78, 5) is 0. The second kappa shape index (κ2) is 3.89. The maximum atomic E-state index is 2.38. The van der Waals surface area contributed by atoms with Gasteiger partial charge in [0, 0.05) is 0 Å². The van der Waals surface area contributed by atoms with E-state index in [-0.39, 0.29) is 20.4 Å². The first-order valence-corrected chi connectivity index (χ1v) is 8.12. The van der Waals surface area contributed by atoms with Gasteiger partial charge in [-0.25, -0.2) is 0 Å². The molecule has 0 saturated carbocycles. The Morgan fingerprint density at radius 3 is 2.50 bits per heavy atom. The van der Waals surface area contributed by atoms with Crippen LogP contribution in [0.2, 0.25) is 0 Å². The number of aryl methyl sites for hydroxylation is 3. The van der Waals surface area contributed by atoms with Crippen molar-refractivity contribution >= 4 is 41.1 Å². The molecule has 0 aliphatic heterocycles. The monoisotopic (exact) mass is 322 g/mol. The van der Waals surface area contributed by atoms with Crippen molar-refractivity contribution in [1.82, 2.24) is 0 Å². The van der Waals surface area contributed by atoms with E-state index in [1.54, 1.807) is 6.44 Å². The van der Waals surface area contributed by atoms with Gasteiger partial charge in [-0.15, -0.1) is 0 Å². The molecule has 0 spiro atoms. The van der Waals surface area contributed by atoms with Gasteiger partial charge in [-0.05, 0) is 0 Å². The fraction of sp³-hybridized carbons (Fsp3) is 0.364. The first kappa shape index (κ1) is 10.5. The Morgan fingerprint density at radius 1 is 1.21 bits per heavy atom. The SMILES string of the molecule is CSc1[te]c2cc(C)c(C)cc2[n+]1C. The molecule has 0 aliphatic carbocycles. The van der Waals surface area contributed by atoms with E-state index >= 15 is 0 Å². The summed E-state index contributed by atoms with van der Waals surface area (Å²) in [5.41, 5.74) is 4.29. The van der Waals surface area contributed by atoms with Gasteiger partial charge in [0.15, 0.2) is 0 Å². The van der Waals surface area contributed by atoms with Gasteiger partial charge in [-0.2, -0.15) is 0 Å². The molecule has 0 fully saturated rings. The average Bonchev–Trinajstić information content (AvgIpc) is 2.45. The van der Waals surface area contributed by atoms with E-state index in [0.29, 0.717) is 0 Å². The van der Waals surface area contributed by atoms with E-state index in [9.17, 15) is 0 Å². The summed E-state index contributed by atoms with van der Waals surface area (Å²) in [6.07, 6.45) is 2.18. The Labute approximate surface area is 98.8 Å². The molecule has 1 aromatic carbocycles. The van der Waals surface area contributed by atoms with Crippen LogP contribution >= 0.6 is 11.8 Å². The zero-order valence-corrected chi connectivity index (χ0v) is 12.1. The summed E-state index contributed by atoms with van der Waals surface area (Å²) < 4.78 is 5.55. The van der Waals surface area contributed by atoms with Crippen LogP contribution in [-0.2, 0) is 7.05 Å². The molecule has 3 heteroatoms. The fourth-order valence-electron chi connectivity index (χ4n) is 1.56. The van der Waals surface area contributed by atoms with Crippen LogP contribution in [0, 0.1) is 13.8 Å². The summed E-state index contributed by atoms with van der Waals surface area (Å²) in [5.74, 6) is 0. The predicted molar refractivity (Wildman–Crippen MR) is 63.3 cm³/mol. The third-order valence-electron chi connectivity index (χ3n) is 2.58. The molecule has 0 amide bonds. The molecule has 0 unspecified atom stereocenters. The molecule has 0 radical (unpaired) electrons. The van der Waals surface area contributed by atoms with E-state index in [1.807, 2.05) is 11.8 Å². The molecule has 74 valence electrons. The van der Waals surface area contributed by atoms with Crippen molar-refractivity contribution in [3.63, 3.8) is 0 Å². The van der Waals surface area contributed by atoms with Crippen LogP contribution in [0.25, 0.3) is 8.92 Å². The number of fused-ring (bicyclic) bond motifs is 1. The molecule has 0 bridgehead atoms. The minimum absolute atomic E-state index is 0.0919. The summed E-state index contributed by atoms with van der Waals surface area (Å²) >= 11 is 1.82. The Bertz CT molecular complexity index is 487. The zero-order chi connectivity index (χ0) is 10.3. The van der Waals surface area contributed by atoms with Crippen molar-refractivity contribution in [2.75, 3.05) is 6.26 Å². The Morgan fingerprint density at radius 2 is 1.86 bits per heavy atom. The molecule has 0 saturated heterocycles. The van der Waals surface area contributed by atoms with Gasteiger partial charge in [0.1, 0.15) is 0 Å². The summed E-state index contributed by atoms with van der Waals surface area (Å²) in [6, 6.07) is 4.71. The van der Waals surface area contributed by atoms with Crippen molar-refractivity contribution in [2.24, 2.45) is 7.05 Å². The number of aromatic nitrogens is 1. The van der Waals surface area contributed by atoms with Crippen LogP contribution < -0.4 is 4.57 Å². The van der Waals surface area contributed by atoms with Gasteiger partial charge in [-0.3, -0.25) is 0 Å². The minimum atomic E-state index is -0.0919. The van der Waals surface area contributed by atoms with E-state index in [2.05, 4.69) is 43.9 Å². The quantitative estimate of drug-likeness (QED) is 0.442. The van der Waals surface area contributed by atoms with Crippen molar-refractivity contribution in [2.45, 2.75) is 16.9 Å². The molecule has 1 nitrogen and oxygen atoms in total. The molecule has 0 N–H and O–H groups in total. The van der Waals surface area contributed by atoms with Gasteiger partial charge in [0.25, 0.3) is 0 Å². The number of thioether (sulfide) groups is 1. The number of hydrogen-bond acceptors (Lipinski definition) is 1. The van der Waals surface area contributed by atoms with E-state index in [1.165, 1.54) is 16.6 Å². The van der Waals surface area contributed by atoms with Crippen LogP contribution in [0.15, 0.2) is 15.2 Å². The normalized spacial score (nSPS) is 11.1. The van der Waals surface area contributed by atoms with Crippen LogP contribution in [0.5, 0.6) is 0 Å². The number of rotatable bonds is 1. The van der Waals surface area contributed by atoms with E-state index in [0.717, 1.165) is 0 Å². The van der Waals surface area contributed by atoms with Gasteiger partial charge in [-0.1, -0.05) is 0 Å². The molecule has 1 heterocycles. The summed E-state index contributed by atoms with van der Waals surface area (Å²) in [6.45, 7) is 4.40. The number of hydrogen-bond donors (Lipinski definition) is 0. The fourth-order valence-corrected chi connectivity index (χ4v) is 6.07. The van der Waals surface area contributed by atoms with Gasteiger partial charge < -0.3 is 0 Å². The van der Waals surface area contributed by atoms with Gasteiger partial charge >= 0.3 is 99.1 Å². The Hall–Kier alpha value is 0.0296. The maximum absolute atomic E-state index is 2.38. The van der Waals surface area contributed by atoms with Gasteiger partial charge in [0.05, 0.1) is 0 Å². The second-order valence-electron chi connectivity index (χ2n) is 3.54. The molecule has 0 atom stereocenters. The molecule has 14 heavy (non-hydrogen) atoms. The summed E-state index contributed by atoms with van der Waals surface area (Å²) in [7, 11) is 2.19. The second-order valence-corrected chi connectivity index (χ2v) is 8.08. The molecule has 2 aromatic rings. The first-order valence-electron chi connectivity index (χ1n) is 4.57. The van der Waals surface area contributed by atoms with Crippen molar-refractivity contribution < 1.29 is 4.57 Å². The van der Waals surface area contributed by atoms with Crippen LogP contribution in [0.3, 0.4) is 0 Å². The van der Waals surface area contributed by atoms with Crippen LogP contribution in [0.1, 0.15) is 11.1 Å². The first-order chi connectivity index (χ1) is 6.63. The average molecular weight is 320 g/mol. The summed E-state index contributed by atoms with van der Waals surface area (Å²) in [5, 5.41) is 0. The molecular weight excluding hydrogens is 306 g/mol. The third kappa shape index (κ3) is 1.62. The van der Waals surface area contributed by atoms with E-state index in [4.69, 9.17) is 0 Å². The third-order valence-corrected chi connectivity index (χ3v) is 8.03. The van der Waals surface area contributed by atoms with E-state index < -0.39 is 0 Å². The van der Waals surface area contributed by atoms with Crippen LogP contribution in [0.4, 0.5) is 0 Å². The molecule has 0 aliphatic rings. The van der Waals surface area contributed by atoms with Crippen molar-refractivity contribution in [3.8, 4) is 0 Å². The molecular formula is C11H14NSTe+.